The lowest BCUT2D eigenvalue weighted by Crippen LogP contribution is -2.58. The van der Waals surface area contributed by atoms with Gasteiger partial charge in [-0.15, -0.1) is 0 Å². The summed E-state index contributed by atoms with van der Waals surface area (Å²) in [7, 11) is -6.20. The van der Waals surface area contributed by atoms with Crippen LogP contribution >= 0.6 is 0 Å². The Morgan fingerprint density at radius 3 is 1.73 bits per heavy atom. The predicted octanol–water partition coefficient (Wildman–Crippen LogP) is 3.39. The van der Waals surface area contributed by atoms with E-state index in [1.54, 1.807) is 38.1 Å². The van der Waals surface area contributed by atoms with Crippen molar-refractivity contribution in [1.82, 2.24) is 0 Å². The quantitative estimate of drug-likeness (QED) is 0.248. The van der Waals surface area contributed by atoms with E-state index in [0.717, 1.165) is 11.1 Å². The van der Waals surface area contributed by atoms with Gasteiger partial charge in [0.25, 0.3) is 20.2 Å². The van der Waals surface area contributed by atoms with Gasteiger partial charge in [0.15, 0.2) is 12.4 Å². The SMILES string of the molecule is COc1ccc(C(=O)O[C@H]2[C@@H](OC)OC[C@H](OS(=O)(=O)c3ccc(C)cc3)[C@H]2OS(=O)(=O)c2ccc(C)cc2)cc1. The number of benzene rings is 3. The number of hydrogen-bond donors (Lipinski definition) is 0. The second kappa shape index (κ2) is 12.7. The number of carbonyl (C=O) groups is 1. The third kappa shape index (κ3) is 7.31. The van der Waals surface area contributed by atoms with Crippen LogP contribution in [0.1, 0.15) is 21.5 Å². The number of aryl methyl sites for hydroxylation is 2. The molecule has 3 aromatic carbocycles. The molecule has 41 heavy (non-hydrogen) atoms. The van der Waals surface area contributed by atoms with E-state index in [1.165, 1.54) is 62.8 Å². The molecule has 4 rings (SSSR count). The lowest BCUT2D eigenvalue weighted by atomic mass is 10.1. The molecular formula is C28H30O11S2. The lowest BCUT2D eigenvalue weighted by Gasteiger charge is -2.39. The van der Waals surface area contributed by atoms with Crippen LogP contribution in [0.5, 0.6) is 5.75 Å². The van der Waals surface area contributed by atoms with Crippen molar-refractivity contribution in [3.63, 3.8) is 0 Å². The van der Waals surface area contributed by atoms with Crippen molar-refractivity contribution in [1.29, 1.82) is 0 Å². The third-order valence-electron chi connectivity index (χ3n) is 6.29. The minimum Gasteiger partial charge on any atom is -0.497 e. The van der Waals surface area contributed by atoms with Gasteiger partial charge in [0, 0.05) is 7.11 Å². The van der Waals surface area contributed by atoms with Crippen molar-refractivity contribution in [2.24, 2.45) is 0 Å². The van der Waals surface area contributed by atoms with Gasteiger partial charge in [-0.05, 0) is 62.4 Å². The van der Waals surface area contributed by atoms with E-state index in [9.17, 15) is 21.6 Å². The molecule has 0 bridgehead atoms. The second-order valence-corrected chi connectivity index (χ2v) is 12.4. The van der Waals surface area contributed by atoms with Crippen molar-refractivity contribution in [3.05, 3.63) is 89.5 Å². The maximum Gasteiger partial charge on any atom is 0.338 e. The average molecular weight is 607 g/mol. The fourth-order valence-electron chi connectivity index (χ4n) is 4.02. The van der Waals surface area contributed by atoms with E-state index in [1.807, 2.05) is 0 Å². The van der Waals surface area contributed by atoms with Gasteiger partial charge in [-0.2, -0.15) is 16.8 Å². The average Bonchev–Trinajstić information content (AvgIpc) is 2.95. The fraction of sp³-hybridized carbons (Fsp3) is 0.321. The molecule has 11 nitrogen and oxygen atoms in total. The highest BCUT2D eigenvalue weighted by atomic mass is 32.2. The number of ether oxygens (including phenoxy) is 4. The molecule has 3 aromatic rings. The van der Waals surface area contributed by atoms with E-state index in [0.29, 0.717) is 5.75 Å². The zero-order valence-corrected chi connectivity index (χ0v) is 24.4. The predicted molar refractivity (Wildman–Crippen MR) is 145 cm³/mol. The molecule has 1 aliphatic rings. The number of esters is 1. The molecule has 0 saturated carbocycles. The Labute approximate surface area is 239 Å². The molecule has 0 aromatic heterocycles. The maximum absolute atomic E-state index is 13.3. The molecule has 0 unspecified atom stereocenters. The zero-order chi connectivity index (χ0) is 29.8. The molecule has 13 heteroatoms. The Balaban J connectivity index is 1.70. The van der Waals surface area contributed by atoms with E-state index >= 15 is 0 Å². The highest BCUT2D eigenvalue weighted by Gasteiger charge is 2.49. The van der Waals surface area contributed by atoms with Gasteiger partial charge in [-0.25, -0.2) is 4.79 Å². The molecule has 0 spiro atoms. The van der Waals surface area contributed by atoms with Crippen molar-refractivity contribution in [3.8, 4) is 5.75 Å². The van der Waals surface area contributed by atoms with E-state index < -0.39 is 57.4 Å². The van der Waals surface area contributed by atoms with Crippen LogP contribution in [0, 0.1) is 13.8 Å². The Morgan fingerprint density at radius 1 is 0.732 bits per heavy atom. The third-order valence-corrected chi connectivity index (χ3v) is 8.97. The number of hydrogen-bond acceptors (Lipinski definition) is 11. The summed E-state index contributed by atoms with van der Waals surface area (Å²) in [5.74, 6) is -0.371. The molecule has 0 amide bonds. The largest absolute Gasteiger partial charge is 0.497 e. The van der Waals surface area contributed by atoms with Gasteiger partial charge >= 0.3 is 5.97 Å². The molecule has 1 heterocycles. The second-order valence-electron chi connectivity index (χ2n) is 9.27. The van der Waals surface area contributed by atoms with Crippen molar-refractivity contribution in [2.45, 2.75) is 48.2 Å². The van der Waals surface area contributed by atoms with Gasteiger partial charge < -0.3 is 18.9 Å². The van der Waals surface area contributed by atoms with Gasteiger partial charge in [0.1, 0.15) is 18.0 Å². The first-order valence-corrected chi connectivity index (χ1v) is 15.2. The number of rotatable bonds is 10. The molecule has 0 N–H and O–H groups in total. The summed E-state index contributed by atoms with van der Waals surface area (Å²) in [6.07, 6.45) is -6.08. The molecule has 0 radical (unpaired) electrons. The Hall–Kier alpha value is -3.33. The van der Waals surface area contributed by atoms with Gasteiger partial charge in [0.2, 0.25) is 0 Å². The fourth-order valence-corrected chi connectivity index (χ4v) is 6.20. The molecule has 0 aliphatic carbocycles. The van der Waals surface area contributed by atoms with Crippen LogP contribution in [0.25, 0.3) is 0 Å². The highest BCUT2D eigenvalue weighted by Crippen LogP contribution is 2.31. The standard InChI is InChI=1S/C28H30O11S2/c1-18-5-13-22(14-6-18)40(30,31)38-24-17-36-28(35-4)26(37-27(29)20-9-11-21(34-3)12-10-20)25(24)39-41(32,33)23-15-7-19(2)8-16-23/h5-16,24-26,28H,17H2,1-4H3/t24-,25+,26+,28-/m0/s1. The molecule has 1 fully saturated rings. The van der Waals surface area contributed by atoms with Gasteiger partial charge in [-0.1, -0.05) is 35.4 Å². The Morgan fingerprint density at radius 2 is 1.24 bits per heavy atom. The first kappa shape index (κ1) is 30.6. The first-order valence-electron chi connectivity index (χ1n) is 12.4. The summed E-state index contributed by atoms with van der Waals surface area (Å²) >= 11 is 0. The molecule has 220 valence electrons. The normalized spacial score (nSPS) is 21.3. The summed E-state index contributed by atoms with van der Waals surface area (Å²) in [6.45, 7) is 3.13. The van der Waals surface area contributed by atoms with E-state index in [2.05, 4.69) is 0 Å². The first-order chi connectivity index (χ1) is 19.4. The summed E-state index contributed by atoms with van der Waals surface area (Å²) in [5, 5.41) is 0. The minimum atomic E-state index is -4.50. The van der Waals surface area contributed by atoms with Crippen LogP contribution in [0.15, 0.2) is 82.6 Å². The van der Waals surface area contributed by atoms with Crippen LogP contribution < -0.4 is 4.74 Å². The van der Waals surface area contributed by atoms with E-state index in [4.69, 9.17) is 27.3 Å². The van der Waals surface area contributed by atoms with E-state index in [-0.39, 0.29) is 15.4 Å². The topological polar surface area (TPSA) is 141 Å². The van der Waals surface area contributed by atoms with Crippen LogP contribution in [0.2, 0.25) is 0 Å². The van der Waals surface area contributed by atoms with Gasteiger partial charge in [-0.3, -0.25) is 8.37 Å². The van der Waals surface area contributed by atoms with Crippen LogP contribution in [-0.2, 0) is 42.8 Å². The smallest absolute Gasteiger partial charge is 0.338 e. The maximum atomic E-state index is 13.3. The van der Waals surface area contributed by atoms with Crippen molar-refractivity contribution >= 4 is 26.2 Å². The van der Waals surface area contributed by atoms with Crippen LogP contribution in [-0.4, -0.2) is 68.2 Å². The Kier molecular flexibility index (Phi) is 9.47. The van der Waals surface area contributed by atoms with Crippen molar-refractivity contribution in [2.75, 3.05) is 20.8 Å². The van der Waals surface area contributed by atoms with Crippen LogP contribution in [0.4, 0.5) is 0 Å². The van der Waals surface area contributed by atoms with Gasteiger partial charge in [0.05, 0.1) is 29.1 Å². The highest BCUT2D eigenvalue weighted by molar-refractivity contribution is 7.87. The van der Waals surface area contributed by atoms with Crippen LogP contribution in [0.3, 0.4) is 0 Å². The monoisotopic (exact) mass is 606 g/mol. The summed E-state index contributed by atoms with van der Waals surface area (Å²) in [4.78, 5) is 12.7. The summed E-state index contributed by atoms with van der Waals surface area (Å²) in [5.41, 5.74) is 1.74. The molecular weight excluding hydrogens is 576 g/mol. The number of methoxy groups -OCH3 is 2. The molecule has 1 saturated heterocycles. The summed E-state index contributed by atoms with van der Waals surface area (Å²) in [6, 6.07) is 17.7. The lowest BCUT2D eigenvalue weighted by molar-refractivity contribution is -0.251. The zero-order valence-electron chi connectivity index (χ0n) is 22.8. The minimum absolute atomic E-state index is 0.108. The number of carbonyl (C=O) groups excluding carboxylic acids is 1. The Bertz CT molecular complexity index is 1550. The molecule has 1 aliphatic heterocycles. The molecule has 4 atom stereocenters. The summed E-state index contributed by atoms with van der Waals surface area (Å²) < 4.78 is 85.7. The van der Waals surface area contributed by atoms with Crippen molar-refractivity contribution < 1.29 is 48.9 Å².